The average Bonchev–Trinajstić information content (AvgIpc) is 2.41. The number of aromatic nitrogens is 1. The van der Waals surface area contributed by atoms with Crippen molar-refractivity contribution in [2.24, 2.45) is 5.92 Å². The molecule has 5 heteroatoms. The molecule has 1 fully saturated rings. The number of hydrogen-bond acceptors (Lipinski definition) is 3. The second-order valence-corrected chi connectivity index (χ2v) is 6.14. The van der Waals surface area contributed by atoms with Crippen LogP contribution in [-0.4, -0.2) is 46.9 Å². The van der Waals surface area contributed by atoms with E-state index in [4.69, 9.17) is 0 Å². The topological polar surface area (TPSA) is 36.4 Å². The molecule has 0 bridgehead atoms. The van der Waals surface area contributed by atoms with E-state index in [1.165, 1.54) is 0 Å². The fraction of sp³-hybridized carbons (Fsp3) is 0.571. The highest BCUT2D eigenvalue weighted by Crippen LogP contribution is 2.12. The second kappa shape index (κ2) is 6.48. The third-order valence-electron chi connectivity index (χ3n) is 3.35. The first-order chi connectivity index (χ1) is 9.06. The summed E-state index contributed by atoms with van der Waals surface area (Å²) in [5.74, 6) is 0.362. The highest BCUT2D eigenvalue weighted by atomic mass is 79.9. The van der Waals surface area contributed by atoms with E-state index in [2.05, 4.69) is 25.8 Å². The molecule has 2 heterocycles. The van der Waals surface area contributed by atoms with Gasteiger partial charge in [0.25, 0.3) is 0 Å². The first-order valence-electron chi connectivity index (χ1n) is 6.68. The van der Waals surface area contributed by atoms with E-state index in [1.54, 1.807) is 0 Å². The average molecular weight is 326 g/mol. The molecule has 0 atom stereocenters. The number of amides is 1. The number of carbonyl (C=O) groups excluding carboxylic acids is 1. The molecule has 4 nitrogen and oxygen atoms in total. The van der Waals surface area contributed by atoms with Crippen LogP contribution in [-0.2, 0) is 11.3 Å². The van der Waals surface area contributed by atoms with Gasteiger partial charge in [0.15, 0.2) is 0 Å². The van der Waals surface area contributed by atoms with E-state index in [-0.39, 0.29) is 11.8 Å². The Morgan fingerprint density at radius 3 is 2.53 bits per heavy atom. The van der Waals surface area contributed by atoms with Crippen molar-refractivity contribution in [1.29, 1.82) is 0 Å². The lowest BCUT2D eigenvalue weighted by Gasteiger charge is -2.35. The lowest BCUT2D eigenvalue weighted by atomic mass is 10.1. The van der Waals surface area contributed by atoms with E-state index in [0.29, 0.717) is 0 Å². The van der Waals surface area contributed by atoms with Crippen LogP contribution in [0.25, 0.3) is 0 Å². The van der Waals surface area contributed by atoms with Crippen molar-refractivity contribution in [3.8, 4) is 0 Å². The van der Waals surface area contributed by atoms with Gasteiger partial charge in [-0.15, -0.1) is 0 Å². The molecule has 0 N–H and O–H groups in total. The monoisotopic (exact) mass is 325 g/mol. The summed E-state index contributed by atoms with van der Waals surface area (Å²) in [5.41, 5.74) is 1.08. The number of piperazine rings is 1. The number of rotatable bonds is 3. The summed E-state index contributed by atoms with van der Waals surface area (Å²) >= 11 is 3.39. The fourth-order valence-corrected chi connectivity index (χ4v) is 2.46. The van der Waals surface area contributed by atoms with Gasteiger partial charge in [0, 0.05) is 49.3 Å². The summed E-state index contributed by atoms with van der Waals surface area (Å²) in [5, 5.41) is 0. The van der Waals surface area contributed by atoms with Crippen LogP contribution >= 0.6 is 15.9 Å². The predicted octanol–water partition coefficient (Wildman–Crippen LogP) is 2.14. The largest absolute Gasteiger partial charge is 0.340 e. The van der Waals surface area contributed by atoms with E-state index >= 15 is 0 Å². The van der Waals surface area contributed by atoms with Crippen molar-refractivity contribution in [2.75, 3.05) is 26.2 Å². The maximum atomic E-state index is 11.9. The predicted molar refractivity (Wildman–Crippen MR) is 78.6 cm³/mol. The molecule has 1 aliphatic heterocycles. The van der Waals surface area contributed by atoms with Gasteiger partial charge in [0.2, 0.25) is 5.91 Å². The van der Waals surface area contributed by atoms with Crippen molar-refractivity contribution in [3.05, 3.63) is 28.5 Å². The minimum Gasteiger partial charge on any atom is -0.340 e. The Morgan fingerprint density at radius 1 is 1.32 bits per heavy atom. The van der Waals surface area contributed by atoms with Gasteiger partial charge in [-0.2, -0.15) is 0 Å². The number of pyridine rings is 1. The molecule has 0 saturated carbocycles. The van der Waals surface area contributed by atoms with Crippen LogP contribution in [0.15, 0.2) is 22.8 Å². The van der Waals surface area contributed by atoms with Crippen LogP contribution in [0.3, 0.4) is 0 Å². The second-order valence-electron chi connectivity index (χ2n) is 5.22. The molecule has 1 aromatic rings. The van der Waals surface area contributed by atoms with Gasteiger partial charge in [-0.1, -0.05) is 13.8 Å². The van der Waals surface area contributed by atoms with Crippen molar-refractivity contribution in [1.82, 2.24) is 14.8 Å². The SMILES string of the molecule is CC(C)C(=O)N1CCN(Cc2ccc(Br)cn2)CC1. The minimum atomic E-state index is 0.0969. The maximum absolute atomic E-state index is 11.9. The van der Waals surface area contributed by atoms with E-state index < -0.39 is 0 Å². The van der Waals surface area contributed by atoms with E-state index in [0.717, 1.165) is 42.9 Å². The van der Waals surface area contributed by atoms with E-state index in [1.807, 2.05) is 37.1 Å². The summed E-state index contributed by atoms with van der Waals surface area (Å²) in [7, 11) is 0. The molecule has 0 aromatic carbocycles. The Kier molecular flexibility index (Phi) is 4.93. The highest BCUT2D eigenvalue weighted by molar-refractivity contribution is 9.10. The van der Waals surface area contributed by atoms with Crippen LogP contribution < -0.4 is 0 Å². The first-order valence-corrected chi connectivity index (χ1v) is 7.47. The first kappa shape index (κ1) is 14.5. The summed E-state index contributed by atoms with van der Waals surface area (Å²) in [4.78, 5) is 20.6. The summed E-state index contributed by atoms with van der Waals surface area (Å²) in [6, 6.07) is 4.05. The molecule has 1 aliphatic rings. The molecule has 0 radical (unpaired) electrons. The van der Waals surface area contributed by atoms with Crippen LogP contribution in [0.5, 0.6) is 0 Å². The number of hydrogen-bond donors (Lipinski definition) is 0. The maximum Gasteiger partial charge on any atom is 0.225 e. The highest BCUT2D eigenvalue weighted by Gasteiger charge is 2.22. The standard InChI is InChI=1S/C14H20BrN3O/c1-11(2)14(19)18-7-5-17(6-8-18)10-13-4-3-12(15)9-16-13/h3-4,9,11H,5-8,10H2,1-2H3. The van der Waals surface area contributed by atoms with Crippen LogP contribution in [0.1, 0.15) is 19.5 Å². The third kappa shape index (κ3) is 4.01. The lowest BCUT2D eigenvalue weighted by Crippen LogP contribution is -2.49. The zero-order valence-electron chi connectivity index (χ0n) is 11.5. The van der Waals surface area contributed by atoms with Crippen molar-refractivity contribution < 1.29 is 4.79 Å². The van der Waals surface area contributed by atoms with Crippen LogP contribution in [0.4, 0.5) is 0 Å². The molecule has 104 valence electrons. The van der Waals surface area contributed by atoms with E-state index in [9.17, 15) is 4.79 Å². The van der Waals surface area contributed by atoms with Gasteiger partial charge in [0.1, 0.15) is 0 Å². The Hall–Kier alpha value is -0.940. The quantitative estimate of drug-likeness (QED) is 0.854. The van der Waals surface area contributed by atoms with Crippen molar-refractivity contribution >= 4 is 21.8 Å². The lowest BCUT2D eigenvalue weighted by molar-refractivity contribution is -0.136. The number of halogens is 1. The van der Waals surface area contributed by atoms with Gasteiger partial charge < -0.3 is 4.90 Å². The van der Waals surface area contributed by atoms with Crippen LogP contribution in [0.2, 0.25) is 0 Å². The summed E-state index contributed by atoms with van der Waals surface area (Å²) in [6.07, 6.45) is 1.83. The molecule has 1 aromatic heterocycles. The smallest absolute Gasteiger partial charge is 0.225 e. The molecule has 19 heavy (non-hydrogen) atoms. The summed E-state index contributed by atoms with van der Waals surface area (Å²) in [6.45, 7) is 8.28. The normalized spacial score (nSPS) is 16.9. The molecule has 0 aliphatic carbocycles. The zero-order valence-corrected chi connectivity index (χ0v) is 13.1. The molecular formula is C14H20BrN3O. The zero-order chi connectivity index (χ0) is 13.8. The number of nitrogens with zero attached hydrogens (tertiary/aromatic N) is 3. The summed E-state index contributed by atoms with van der Waals surface area (Å²) < 4.78 is 1.00. The van der Waals surface area contributed by atoms with Gasteiger partial charge in [0.05, 0.1) is 5.69 Å². The van der Waals surface area contributed by atoms with Gasteiger partial charge >= 0.3 is 0 Å². The fourth-order valence-electron chi connectivity index (χ4n) is 2.22. The van der Waals surface area contributed by atoms with Crippen molar-refractivity contribution in [2.45, 2.75) is 20.4 Å². The molecular weight excluding hydrogens is 306 g/mol. The Labute approximate surface area is 122 Å². The van der Waals surface area contributed by atoms with Crippen molar-refractivity contribution in [3.63, 3.8) is 0 Å². The molecule has 0 spiro atoms. The van der Waals surface area contributed by atoms with Gasteiger partial charge in [-0.25, -0.2) is 0 Å². The Morgan fingerprint density at radius 2 is 2.00 bits per heavy atom. The molecule has 2 rings (SSSR count). The molecule has 1 amide bonds. The molecule has 1 saturated heterocycles. The Balaban J connectivity index is 1.83. The van der Waals surface area contributed by atoms with Gasteiger partial charge in [-0.05, 0) is 28.1 Å². The van der Waals surface area contributed by atoms with Gasteiger partial charge in [-0.3, -0.25) is 14.7 Å². The molecule has 0 unspecified atom stereocenters. The Bertz CT molecular complexity index is 425. The number of carbonyl (C=O) groups is 1. The minimum absolute atomic E-state index is 0.0969. The van der Waals surface area contributed by atoms with Crippen LogP contribution in [0, 0.1) is 5.92 Å². The third-order valence-corrected chi connectivity index (χ3v) is 3.82.